The van der Waals surface area contributed by atoms with Crippen molar-refractivity contribution in [3.63, 3.8) is 0 Å². The van der Waals surface area contributed by atoms with E-state index in [9.17, 15) is 9.59 Å². The molecule has 1 aromatic rings. The van der Waals surface area contributed by atoms with Gasteiger partial charge in [-0.3, -0.25) is 4.79 Å². The van der Waals surface area contributed by atoms with Gasteiger partial charge in [-0.05, 0) is 25.6 Å². The van der Waals surface area contributed by atoms with Gasteiger partial charge in [-0.25, -0.2) is 9.69 Å². The summed E-state index contributed by atoms with van der Waals surface area (Å²) in [4.78, 5) is 25.7. The number of amides is 2. The van der Waals surface area contributed by atoms with Gasteiger partial charge in [0, 0.05) is 12.3 Å². The van der Waals surface area contributed by atoms with Crippen molar-refractivity contribution in [3.05, 3.63) is 35.9 Å². The minimum absolute atomic E-state index is 0.0306. The highest BCUT2D eigenvalue weighted by Crippen LogP contribution is 2.40. The molecule has 0 spiro atoms. The fourth-order valence-electron chi connectivity index (χ4n) is 2.99. The van der Waals surface area contributed by atoms with E-state index >= 15 is 0 Å². The number of ether oxygens (including phenoxy) is 1. The zero-order valence-corrected chi connectivity index (χ0v) is 14.2. The molecule has 1 aromatic carbocycles. The predicted molar refractivity (Wildman–Crippen MR) is 89.6 cm³/mol. The molecule has 2 amide bonds. The molecule has 2 atom stereocenters. The molecular weight excluding hydrogens is 297 g/mol. The first kappa shape index (κ1) is 16.7. The van der Waals surface area contributed by atoms with E-state index in [1.165, 1.54) is 13.1 Å². The van der Waals surface area contributed by atoms with E-state index in [4.69, 9.17) is 4.74 Å². The Labute approximate surface area is 133 Å². The van der Waals surface area contributed by atoms with Gasteiger partial charge < -0.3 is 4.74 Å². The summed E-state index contributed by atoms with van der Waals surface area (Å²) in [6.07, 6.45) is 0.564. The van der Waals surface area contributed by atoms with Crippen molar-refractivity contribution >= 4 is 26.0 Å². The molecule has 5 heteroatoms. The molecule has 22 heavy (non-hydrogen) atoms. The van der Waals surface area contributed by atoms with E-state index in [-0.39, 0.29) is 18.4 Å². The third-order valence-electron chi connectivity index (χ3n) is 4.21. The molecule has 0 aromatic heterocycles. The van der Waals surface area contributed by atoms with Crippen LogP contribution in [0.1, 0.15) is 38.2 Å². The SMILES string of the molecule is CCC(=O)N1C(=O)OCC1(C)C(CC=PC)c1ccccc1. The fraction of sp³-hybridized carbons (Fsp3) is 0.471. The summed E-state index contributed by atoms with van der Waals surface area (Å²) < 4.78 is 5.24. The summed E-state index contributed by atoms with van der Waals surface area (Å²) in [5.41, 5.74) is 0.476. The summed E-state index contributed by atoms with van der Waals surface area (Å²) in [6, 6.07) is 10.0. The number of carbonyl (C=O) groups excluding carboxylic acids is 2. The summed E-state index contributed by atoms with van der Waals surface area (Å²) >= 11 is 0. The number of nitrogens with zero attached hydrogens (tertiary/aromatic N) is 1. The Morgan fingerprint density at radius 3 is 2.73 bits per heavy atom. The van der Waals surface area contributed by atoms with Crippen molar-refractivity contribution in [2.24, 2.45) is 0 Å². The second-order valence-corrected chi connectivity index (χ2v) is 6.52. The molecule has 0 radical (unpaired) electrons. The summed E-state index contributed by atoms with van der Waals surface area (Å²) in [7, 11) is 1.18. The highest BCUT2D eigenvalue weighted by molar-refractivity contribution is 7.37. The van der Waals surface area contributed by atoms with Gasteiger partial charge in [0.1, 0.15) is 6.61 Å². The van der Waals surface area contributed by atoms with Crippen LogP contribution in [0.5, 0.6) is 0 Å². The zero-order chi connectivity index (χ0) is 16.2. The lowest BCUT2D eigenvalue weighted by molar-refractivity contribution is -0.131. The smallest absolute Gasteiger partial charge is 0.417 e. The standard InChI is InChI=1S/C17H22NO3P/c1-4-15(19)18-16(20)21-12-17(18,2)14(10-11-22-3)13-8-6-5-7-9-13/h5-9,11,14H,4,10,12H2,1-3H3. The number of cyclic esters (lactones) is 1. The maximum Gasteiger partial charge on any atom is 0.417 e. The molecule has 2 rings (SSSR count). The Bertz CT molecular complexity index is 573. The molecule has 1 fully saturated rings. The Morgan fingerprint density at radius 2 is 2.14 bits per heavy atom. The molecule has 2 unspecified atom stereocenters. The molecule has 0 saturated carbocycles. The second kappa shape index (κ2) is 7.06. The molecule has 1 heterocycles. The van der Waals surface area contributed by atoms with Crippen LogP contribution >= 0.6 is 8.20 Å². The maximum absolute atomic E-state index is 12.3. The van der Waals surface area contributed by atoms with E-state index < -0.39 is 11.6 Å². The van der Waals surface area contributed by atoms with Crippen LogP contribution in [0.25, 0.3) is 0 Å². The monoisotopic (exact) mass is 319 g/mol. The molecule has 1 saturated heterocycles. The van der Waals surface area contributed by atoms with E-state index in [1.807, 2.05) is 37.3 Å². The first-order valence-corrected chi connectivity index (χ1v) is 8.91. The van der Waals surface area contributed by atoms with Crippen molar-refractivity contribution in [3.8, 4) is 0 Å². The Balaban J connectivity index is 2.44. The van der Waals surface area contributed by atoms with Gasteiger partial charge in [0.05, 0.1) is 5.54 Å². The molecule has 118 valence electrons. The van der Waals surface area contributed by atoms with E-state index in [0.29, 0.717) is 6.42 Å². The highest BCUT2D eigenvalue weighted by atomic mass is 31.1. The normalized spacial score (nSPS) is 22.9. The number of carbonyl (C=O) groups is 2. The van der Waals surface area contributed by atoms with E-state index in [1.54, 1.807) is 6.92 Å². The number of benzene rings is 1. The first-order chi connectivity index (χ1) is 10.5. The minimum atomic E-state index is -0.646. The van der Waals surface area contributed by atoms with Gasteiger partial charge in [0.25, 0.3) is 0 Å². The average Bonchev–Trinajstić information content (AvgIpc) is 2.84. The van der Waals surface area contributed by atoms with Crippen molar-refractivity contribution in [1.82, 2.24) is 4.90 Å². The minimum Gasteiger partial charge on any atom is -0.447 e. The van der Waals surface area contributed by atoms with Crippen LogP contribution in [0.3, 0.4) is 0 Å². The van der Waals surface area contributed by atoms with Crippen LogP contribution in [-0.4, -0.2) is 41.5 Å². The number of hydrogen-bond donors (Lipinski definition) is 0. The fourth-order valence-corrected chi connectivity index (χ4v) is 3.41. The summed E-state index contributed by atoms with van der Waals surface area (Å²) in [5, 5.41) is 0. The number of imide groups is 1. The highest BCUT2D eigenvalue weighted by Gasteiger charge is 2.51. The number of hydrogen-bond acceptors (Lipinski definition) is 3. The molecule has 0 bridgehead atoms. The molecular formula is C17H22NO3P. The van der Waals surface area contributed by atoms with E-state index in [2.05, 4.69) is 12.5 Å². The third kappa shape index (κ3) is 3.07. The Hall–Kier alpha value is -1.67. The van der Waals surface area contributed by atoms with Crippen LogP contribution < -0.4 is 0 Å². The lowest BCUT2D eigenvalue weighted by atomic mass is 9.78. The summed E-state index contributed by atoms with van der Waals surface area (Å²) in [6.45, 7) is 6.02. The third-order valence-corrected chi connectivity index (χ3v) is 4.79. The molecule has 1 aliphatic heterocycles. The molecule has 4 nitrogen and oxygen atoms in total. The predicted octanol–water partition coefficient (Wildman–Crippen LogP) is 3.69. The topological polar surface area (TPSA) is 46.6 Å². The van der Waals surface area contributed by atoms with Gasteiger partial charge in [-0.2, -0.15) is 0 Å². The van der Waals surface area contributed by atoms with E-state index in [0.717, 1.165) is 12.0 Å². The van der Waals surface area contributed by atoms with Crippen LogP contribution in [0.2, 0.25) is 0 Å². The second-order valence-electron chi connectivity index (χ2n) is 5.63. The quantitative estimate of drug-likeness (QED) is 0.778. The van der Waals surface area contributed by atoms with Crippen LogP contribution in [0.4, 0.5) is 4.79 Å². The van der Waals surface area contributed by atoms with Gasteiger partial charge in [-0.15, -0.1) is 8.20 Å². The van der Waals surface area contributed by atoms with Crippen molar-refractivity contribution in [2.45, 2.75) is 38.1 Å². The van der Waals surface area contributed by atoms with Gasteiger partial charge in [0.2, 0.25) is 5.91 Å². The lowest BCUT2D eigenvalue weighted by Crippen LogP contribution is -2.52. The average molecular weight is 319 g/mol. The zero-order valence-electron chi connectivity index (χ0n) is 13.3. The van der Waals surface area contributed by atoms with Gasteiger partial charge in [0.15, 0.2) is 0 Å². The van der Waals surface area contributed by atoms with Crippen LogP contribution in [0, 0.1) is 0 Å². The molecule has 0 N–H and O–H groups in total. The lowest BCUT2D eigenvalue weighted by Gasteiger charge is -2.37. The number of rotatable bonds is 5. The van der Waals surface area contributed by atoms with Crippen LogP contribution in [-0.2, 0) is 9.53 Å². The van der Waals surface area contributed by atoms with Crippen LogP contribution in [0.15, 0.2) is 30.3 Å². The van der Waals surface area contributed by atoms with Crippen molar-refractivity contribution in [2.75, 3.05) is 13.3 Å². The van der Waals surface area contributed by atoms with Crippen molar-refractivity contribution < 1.29 is 14.3 Å². The Morgan fingerprint density at radius 1 is 1.45 bits per heavy atom. The largest absolute Gasteiger partial charge is 0.447 e. The van der Waals surface area contributed by atoms with Gasteiger partial charge >= 0.3 is 6.09 Å². The maximum atomic E-state index is 12.3. The first-order valence-electron chi connectivity index (χ1n) is 7.50. The molecule has 1 aliphatic rings. The Kier molecular flexibility index (Phi) is 5.36. The molecule has 0 aliphatic carbocycles. The van der Waals surface area contributed by atoms with Crippen molar-refractivity contribution in [1.29, 1.82) is 0 Å². The summed E-state index contributed by atoms with van der Waals surface area (Å²) in [5.74, 6) is 2.02. The van der Waals surface area contributed by atoms with Gasteiger partial charge in [-0.1, -0.05) is 43.1 Å².